The monoisotopic (exact) mass is 748 g/mol. The van der Waals surface area contributed by atoms with E-state index in [1.165, 1.54) is 0 Å². The Bertz CT molecular complexity index is 1400. The number of carbonyl (C=O) groups excluding carboxylic acids is 2. The Hall–Kier alpha value is -2.54. The van der Waals surface area contributed by atoms with Gasteiger partial charge >= 0.3 is 5.97 Å². The van der Waals surface area contributed by atoms with Crippen LogP contribution in [0.25, 0.3) is 6.08 Å². The van der Waals surface area contributed by atoms with E-state index in [0.717, 1.165) is 49.7 Å². The van der Waals surface area contributed by atoms with E-state index >= 15 is 0 Å². The topological polar surface area (TPSA) is 206 Å². The maximum absolute atomic E-state index is 14.1. The number of aliphatic hydroxyl groups excluding tert-OH is 5. The summed E-state index contributed by atoms with van der Waals surface area (Å²) in [4.78, 5) is 34.6. The van der Waals surface area contributed by atoms with Gasteiger partial charge in [-0.1, -0.05) is 75.9 Å². The van der Waals surface area contributed by atoms with Crippen LogP contribution in [0, 0.1) is 5.41 Å². The van der Waals surface area contributed by atoms with Crippen molar-refractivity contribution in [1.82, 2.24) is 10.4 Å². The van der Waals surface area contributed by atoms with Crippen molar-refractivity contribution in [2.24, 2.45) is 5.41 Å². The molecule has 1 aromatic rings. The molecule has 296 valence electrons. The summed E-state index contributed by atoms with van der Waals surface area (Å²) < 4.78 is 30.6. The smallest absolute Gasteiger partial charge is 0.327 e. The molecule has 0 spiro atoms. The number of carbonyl (C=O) groups is 2. The second-order valence-corrected chi connectivity index (χ2v) is 14.9. The molecule has 6 rings (SSSR count). The predicted octanol–water partition coefficient (Wildman–Crippen LogP) is 1.07. The number of hydrogen-bond acceptors (Lipinski definition) is 14. The molecule has 4 aliphatic heterocycles. The molecule has 53 heavy (non-hydrogen) atoms. The van der Waals surface area contributed by atoms with E-state index in [1.807, 2.05) is 24.3 Å². The fourth-order valence-electron chi connectivity index (χ4n) is 8.48. The number of hydroxylamine groups is 2. The highest BCUT2D eigenvalue weighted by molar-refractivity contribution is 5.93. The summed E-state index contributed by atoms with van der Waals surface area (Å²) in [5.41, 5.74) is 0.322. The van der Waals surface area contributed by atoms with Crippen molar-refractivity contribution in [3.05, 3.63) is 41.5 Å². The van der Waals surface area contributed by atoms with E-state index in [4.69, 9.17) is 28.5 Å². The van der Waals surface area contributed by atoms with E-state index in [2.05, 4.69) is 19.2 Å². The number of ether oxygens (including phenoxy) is 5. The minimum atomic E-state index is -1.52. The van der Waals surface area contributed by atoms with Gasteiger partial charge in [0.15, 0.2) is 18.1 Å². The zero-order chi connectivity index (χ0) is 37.8. The van der Waals surface area contributed by atoms with Crippen molar-refractivity contribution < 1.29 is 63.6 Å². The Labute approximate surface area is 310 Å². The molecule has 4 heterocycles. The van der Waals surface area contributed by atoms with Crippen molar-refractivity contribution >= 4 is 18.0 Å². The maximum Gasteiger partial charge on any atom is 0.327 e. The lowest BCUT2D eigenvalue weighted by Crippen LogP contribution is -2.69. The van der Waals surface area contributed by atoms with E-state index < -0.39 is 84.9 Å². The Balaban J connectivity index is 1.17. The van der Waals surface area contributed by atoms with Gasteiger partial charge in [-0.05, 0) is 24.0 Å². The highest BCUT2D eigenvalue weighted by Crippen LogP contribution is 2.58. The van der Waals surface area contributed by atoms with Gasteiger partial charge in [-0.3, -0.25) is 14.4 Å². The van der Waals surface area contributed by atoms with Crippen molar-refractivity contribution in [2.75, 3.05) is 26.4 Å². The third kappa shape index (κ3) is 8.07. The zero-order valence-electron chi connectivity index (χ0n) is 30.6. The molecule has 5 aliphatic rings. The van der Waals surface area contributed by atoms with E-state index in [0.29, 0.717) is 12.8 Å². The number of aliphatic hydroxyl groups is 5. The molecule has 6 N–H and O–H groups in total. The van der Waals surface area contributed by atoms with Crippen LogP contribution in [0.15, 0.2) is 30.3 Å². The Morgan fingerprint density at radius 2 is 1.68 bits per heavy atom. The molecule has 1 aliphatic carbocycles. The average molecular weight is 749 g/mol. The minimum Gasteiger partial charge on any atom is -0.458 e. The van der Waals surface area contributed by atoms with Crippen LogP contribution >= 0.6 is 0 Å². The lowest BCUT2D eigenvalue weighted by Gasteiger charge is -2.48. The first-order valence-electron chi connectivity index (χ1n) is 19.2. The molecule has 0 radical (unpaired) electrons. The van der Waals surface area contributed by atoms with E-state index in [1.54, 1.807) is 17.2 Å². The normalized spacial score (nSPS) is 36.1. The summed E-state index contributed by atoms with van der Waals surface area (Å²) in [5, 5.41) is 53.4. The Morgan fingerprint density at radius 1 is 0.981 bits per heavy atom. The number of amides is 1. The van der Waals surface area contributed by atoms with Crippen molar-refractivity contribution in [1.29, 1.82) is 0 Å². The van der Waals surface area contributed by atoms with Gasteiger partial charge in [0, 0.05) is 25.8 Å². The lowest BCUT2D eigenvalue weighted by atomic mass is 9.62. The van der Waals surface area contributed by atoms with Gasteiger partial charge in [-0.2, -0.15) is 5.06 Å². The zero-order valence-corrected chi connectivity index (χ0v) is 30.6. The molecule has 4 saturated heterocycles. The number of unbranched alkanes of at least 4 members (excludes halogenated alkanes) is 4. The van der Waals surface area contributed by atoms with E-state index in [-0.39, 0.29) is 38.6 Å². The lowest BCUT2D eigenvalue weighted by molar-refractivity contribution is -0.298. The standard InChI is InChI=1S/C38H56N2O13/c1-3-5-7-15-37(16-8-6-4-2)51-30-25-20-38(36(47)39-17-18-41)32(34(46)49-25)40(53-33(38)31(30)52-37)21-24-13-11-23(12-14-24)10-9-19-48-35-29(45)28(44)27(43)26(22-42)50-35/h9-14,25-33,35,41-45H,3-8,15-22H2,1-2H3,(H,39,47)/t25?,26-,27+,28+,29-,30+,31+,32+,33-,35+,38?/m1/s1. The first kappa shape index (κ1) is 40.1. The number of fused-ring (bicyclic) bond motifs is 4. The second-order valence-electron chi connectivity index (χ2n) is 14.9. The molecule has 0 aromatic heterocycles. The van der Waals surface area contributed by atoms with Crippen LogP contribution in [0.3, 0.4) is 0 Å². The summed E-state index contributed by atoms with van der Waals surface area (Å²) in [5.74, 6) is -1.80. The van der Waals surface area contributed by atoms with Gasteiger partial charge in [-0.15, -0.1) is 0 Å². The van der Waals surface area contributed by atoms with Crippen LogP contribution in [-0.4, -0.2) is 136 Å². The van der Waals surface area contributed by atoms with Crippen molar-refractivity contribution in [2.45, 2.75) is 145 Å². The van der Waals surface area contributed by atoms with E-state index in [9.17, 15) is 35.1 Å². The molecular formula is C38H56N2O13. The fourth-order valence-corrected chi connectivity index (χ4v) is 8.48. The van der Waals surface area contributed by atoms with Crippen LogP contribution in [0.2, 0.25) is 0 Å². The van der Waals surface area contributed by atoms with Crippen LogP contribution < -0.4 is 5.32 Å². The highest BCUT2D eigenvalue weighted by Gasteiger charge is 2.76. The Kier molecular flexibility index (Phi) is 13.3. The van der Waals surface area contributed by atoms with Crippen molar-refractivity contribution in [3.63, 3.8) is 0 Å². The third-order valence-electron chi connectivity index (χ3n) is 11.2. The molecule has 15 nitrogen and oxygen atoms in total. The molecule has 2 bridgehead atoms. The molecule has 1 amide bonds. The van der Waals surface area contributed by atoms with Gasteiger partial charge in [0.05, 0.1) is 26.4 Å². The summed E-state index contributed by atoms with van der Waals surface area (Å²) in [6, 6.07) is 6.45. The SMILES string of the molecule is CCCCCC1(CCCCC)O[C@@H]2[C@H]3ON(Cc4ccc(C=CCO[C@H]5O[C@H](CO)[C@H](O)[C@H](O)[C@H]5O)cc4)[C@H]4C(=O)OC(CC34C(=O)NCCO)[C@@H]2O1. The quantitative estimate of drug-likeness (QED) is 0.0918. The summed E-state index contributed by atoms with van der Waals surface area (Å²) in [6.07, 6.45) is 1.62. The third-order valence-corrected chi connectivity index (χ3v) is 11.2. The molecule has 11 atom stereocenters. The first-order chi connectivity index (χ1) is 25.6. The number of nitrogens with zero attached hydrogens (tertiary/aromatic N) is 1. The molecule has 1 aromatic carbocycles. The van der Waals surface area contributed by atoms with Crippen LogP contribution in [-0.2, 0) is 44.7 Å². The number of esters is 1. The largest absolute Gasteiger partial charge is 0.458 e. The molecule has 15 heteroatoms. The summed E-state index contributed by atoms with van der Waals surface area (Å²) in [7, 11) is 0. The maximum atomic E-state index is 14.1. The van der Waals surface area contributed by atoms with Gasteiger partial charge in [0.2, 0.25) is 5.91 Å². The van der Waals surface area contributed by atoms with Crippen LogP contribution in [0.1, 0.15) is 82.8 Å². The van der Waals surface area contributed by atoms with Gasteiger partial charge in [-0.25, -0.2) is 0 Å². The molecular weight excluding hydrogens is 692 g/mol. The van der Waals surface area contributed by atoms with Crippen LogP contribution in [0.5, 0.6) is 0 Å². The number of nitrogens with one attached hydrogen (secondary N) is 1. The van der Waals surface area contributed by atoms with Crippen LogP contribution in [0.4, 0.5) is 0 Å². The fraction of sp³-hybridized carbons (Fsp3) is 0.737. The highest BCUT2D eigenvalue weighted by atomic mass is 16.8. The number of benzene rings is 1. The number of rotatable bonds is 18. The molecule has 5 fully saturated rings. The van der Waals surface area contributed by atoms with Gasteiger partial charge in [0.25, 0.3) is 0 Å². The summed E-state index contributed by atoms with van der Waals surface area (Å²) in [6.45, 7) is 3.73. The second kappa shape index (κ2) is 17.5. The van der Waals surface area contributed by atoms with Crippen molar-refractivity contribution in [3.8, 4) is 0 Å². The Morgan fingerprint density at radius 3 is 2.34 bits per heavy atom. The molecule has 2 unspecified atom stereocenters. The minimum absolute atomic E-state index is 0.0189. The predicted molar refractivity (Wildman–Crippen MR) is 187 cm³/mol. The molecule has 1 saturated carbocycles. The average Bonchev–Trinajstić information content (AvgIpc) is 3.71. The van der Waals surface area contributed by atoms with Gasteiger partial charge < -0.3 is 54.5 Å². The number of hydrogen-bond donors (Lipinski definition) is 6. The van der Waals surface area contributed by atoms with Gasteiger partial charge in [0.1, 0.15) is 54.2 Å². The summed E-state index contributed by atoms with van der Waals surface area (Å²) >= 11 is 0. The first-order valence-corrected chi connectivity index (χ1v) is 19.2.